The Morgan fingerprint density at radius 3 is 2.95 bits per heavy atom. The highest BCUT2D eigenvalue weighted by molar-refractivity contribution is 7.80. The fraction of sp³-hybridized carbons (Fsp3) is 0.462. The minimum atomic E-state index is -0.217. The van der Waals surface area contributed by atoms with E-state index in [1.165, 1.54) is 11.8 Å². The molecule has 19 heavy (non-hydrogen) atoms. The van der Waals surface area contributed by atoms with Gasteiger partial charge < -0.3 is 10.6 Å². The number of fused-ring (bicyclic) bond motifs is 1. The van der Waals surface area contributed by atoms with Crippen LogP contribution in [0, 0.1) is 17.2 Å². The van der Waals surface area contributed by atoms with Gasteiger partial charge in [-0.15, -0.1) is 11.3 Å². The molecule has 1 atom stereocenters. The summed E-state index contributed by atoms with van der Waals surface area (Å²) in [6.45, 7) is 3.63. The van der Waals surface area contributed by atoms with Crippen molar-refractivity contribution >= 4 is 39.6 Å². The minimum absolute atomic E-state index is 0.217. The van der Waals surface area contributed by atoms with Crippen LogP contribution in [0.15, 0.2) is 0 Å². The number of hydrogen-bond acceptors (Lipinski definition) is 4. The molecule has 100 valence electrons. The number of thiocarbonyl (C=S) groups is 1. The first-order valence-corrected chi connectivity index (χ1v) is 7.37. The van der Waals surface area contributed by atoms with Crippen LogP contribution in [0.5, 0.6) is 0 Å². The van der Waals surface area contributed by atoms with Gasteiger partial charge in [-0.3, -0.25) is 4.79 Å². The standard InChI is InChI=1S/C13H15N3OS2/c1-7-3-4-9-10(6-14)12(19-11(9)5-7)16-13(18)15-8(2)17/h7H,3-5H2,1-2H3,(H2,15,16,17,18)/t7-/m0/s1. The number of anilines is 1. The van der Waals surface area contributed by atoms with Crippen molar-refractivity contribution in [2.75, 3.05) is 5.32 Å². The lowest BCUT2D eigenvalue weighted by atomic mass is 9.89. The molecule has 1 aliphatic rings. The Labute approximate surface area is 121 Å². The Morgan fingerprint density at radius 1 is 1.58 bits per heavy atom. The number of nitriles is 1. The van der Waals surface area contributed by atoms with E-state index >= 15 is 0 Å². The average Bonchev–Trinajstić information content (AvgIpc) is 2.63. The van der Waals surface area contributed by atoms with Crippen molar-refractivity contribution in [1.29, 1.82) is 5.26 Å². The first kappa shape index (κ1) is 14.0. The maximum atomic E-state index is 10.9. The number of carbonyl (C=O) groups excluding carboxylic acids is 1. The molecule has 2 N–H and O–H groups in total. The monoisotopic (exact) mass is 293 g/mol. The topological polar surface area (TPSA) is 64.9 Å². The van der Waals surface area contributed by atoms with Gasteiger partial charge in [0.25, 0.3) is 0 Å². The van der Waals surface area contributed by atoms with Crippen LogP contribution in [0.1, 0.15) is 36.3 Å². The largest absolute Gasteiger partial charge is 0.323 e. The molecule has 1 heterocycles. The molecule has 0 saturated carbocycles. The summed E-state index contributed by atoms with van der Waals surface area (Å²) in [5, 5.41) is 15.8. The first-order chi connectivity index (χ1) is 9.01. The van der Waals surface area contributed by atoms with Gasteiger partial charge in [0.1, 0.15) is 11.1 Å². The van der Waals surface area contributed by atoms with E-state index in [1.54, 1.807) is 11.3 Å². The molecule has 0 aromatic carbocycles. The Morgan fingerprint density at radius 2 is 2.32 bits per heavy atom. The zero-order valence-corrected chi connectivity index (χ0v) is 12.5. The van der Waals surface area contributed by atoms with Crippen LogP contribution in [-0.2, 0) is 17.6 Å². The summed E-state index contributed by atoms with van der Waals surface area (Å²) < 4.78 is 0. The molecule has 4 nitrogen and oxygen atoms in total. The number of nitrogens with zero attached hydrogens (tertiary/aromatic N) is 1. The van der Waals surface area contributed by atoms with E-state index in [4.69, 9.17) is 12.2 Å². The zero-order valence-electron chi connectivity index (χ0n) is 10.9. The third-order valence-corrected chi connectivity index (χ3v) is 4.51. The molecule has 0 saturated heterocycles. The molecule has 0 bridgehead atoms. The van der Waals surface area contributed by atoms with E-state index in [2.05, 4.69) is 23.6 Å². The van der Waals surface area contributed by atoms with E-state index in [-0.39, 0.29) is 11.0 Å². The smallest absolute Gasteiger partial charge is 0.222 e. The lowest BCUT2D eigenvalue weighted by molar-refractivity contribution is -0.117. The highest BCUT2D eigenvalue weighted by atomic mass is 32.1. The third-order valence-electron chi connectivity index (χ3n) is 3.14. The maximum absolute atomic E-state index is 10.9. The van der Waals surface area contributed by atoms with Crippen LogP contribution in [-0.4, -0.2) is 11.0 Å². The molecule has 1 amide bonds. The van der Waals surface area contributed by atoms with Crippen molar-refractivity contribution in [3.05, 3.63) is 16.0 Å². The first-order valence-electron chi connectivity index (χ1n) is 6.14. The lowest BCUT2D eigenvalue weighted by Gasteiger charge is -2.17. The number of rotatable bonds is 1. The Balaban J connectivity index is 2.24. The Bertz CT molecular complexity index is 571. The fourth-order valence-electron chi connectivity index (χ4n) is 2.25. The summed E-state index contributed by atoms with van der Waals surface area (Å²) in [6.07, 6.45) is 3.09. The van der Waals surface area contributed by atoms with Gasteiger partial charge in [-0.2, -0.15) is 5.26 Å². The predicted molar refractivity (Wildman–Crippen MR) is 80.3 cm³/mol. The second kappa shape index (κ2) is 5.68. The highest BCUT2D eigenvalue weighted by Crippen LogP contribution is 2.39. The Hall–Kier alpha value is -1.45. The summed E-state index contributed by atoms with van der Waals surface area (Å²) in [6, 6.07) is 2.25. The van der Waals surface area contributed by atoms with Crippen LogP contribution < -0.4 is 10.6 Å². The van der Waals surface area contributed by atoms with Crippen LogP contribution in [0.4, 0.5) is 5.00 Å². The zero-order chi connectivity index (χ0) is 14.0. The van der Waals surface area contributed by atoms with Gasteiger partial charge in [0.15, 0.2) is 5.11 Å². The van der Waals surface area contributed by atoms with Gasteiger partial charge in [-0.05, 0) is 43.0 Å². The molecule has 1 aromatic rings. The van der Waals surface area contributed by atoms with Gasteiger partial charge in [-0.1, -0.05) is 6.92 Å². The van der Waals surface area contributed by atoms with Crippen LogP contribution in [0.2, 0.25) is 0 Å². The molecule has 0 radical (unpaired) electrons. The number of carbonyl (C=O) groups is 1. The van der Waals surface area contributed by atoms with Gasteiger partial charge in [-0.25, -0.2) is 0 Å². The van der Waals surface area contributed by atoms with Crippen LogP contribution in [0.25, 0.3) is 0 Å². The second-order valence-corrected chi connectivity index (χ2v) is 6.32. The number of hydrogen-bond donors (Lipinski definition) is 2. The van der Waals surface area contributed by atoms with Gasteiger partial charge in [0.05, 0.1) is 5.56 Å². The summed E-state index contributed by atoms with van der Waals surface area (Å²) in [7, 11) is 0. The predicted octanol–water partition coefficient (Wildman–Crippen LogP) is 2.58. The van der Waals surface area contributed by atoms with Crippen molar-refractivity contribution in [2.45, 2.75) is 33.1 Å². The van der Waals surface area contributed by atoms with Crippen molar-refractivity contribution in [2.24, 2.45) is 5.92 Å². The SMILES string of the molecule is CC(=O)NC(=S)Nc1sc2c(c1C#N)CC[C@H](C)C2. The summed E-state index contributed by atoms with van der Waals surface area (Å²) in [5.74, 6) is 0.443. The molecule has 1 aromatic heterocycles. The van der Waals surface area contributed by atoms with E-state index in [1.807, 2.05) is 0 Å². The highest BCUT2D eigenvalue weighted by Gasteiger charge is 2.24. The number of nitrogens with one attached hydrogen (secondary N) is 2. The van der Waals surface area contributed by atoms with E-state index < -0.39 is 0 Å². The molecule has 0 fully saturated rings. The van der Waals surface area contributed by atoms with Crippen LogP contribution >= 0.6 is 23.6 Å². The number of amides is 1. The molecule has 2 rings (SSSR count). The second-order valence-electron chi connectivity index (χ2n) is 4.80. The summed E-state index contributed by atoms with van der Waals surface area (Å²) in [5.41, 5.74) is 1.83. The molecular formula is C13H15N3OS2. The normalized spacial score (nSPS) is 17.2. The summed E-state index contributed by atoms with van der Waals surface area (Å²) >= 11 is 6.61. The van der Waals surface area contributed by atoms with Crippen molar-refractivity contribution in [3.63, 3.8) is 0 Å². The van der Waals surface area contributed by atoms with Gasteiger partial charge >= 0.3 is 0 Å². The molecule has 1 aliphatic carbocycles. The maximum Gasteiger partial charge on any atom is 0.222 e. The Kier molecular flexibility index (Phi) is 4.17. The van der Waals surface area contributed by atoms with Crippen molar-refractivity contribution in [3.8, 4) is 6.07 Å². The van der Waals surface area contributed by atoms with E-state index in [9.17, 15) is 10.1 Å². The molecule has 0 aliphatic heterocycles. The van der Waals surface area contributed by atoms with Crippen molar-refractivity contribution in [1.82, 2.24) is 5.32 Å². The fourth-order valence-corrected chi connectivity index (χ4v) is 3.93. The third kappa shape index (κ3) is 3.11. The molecule has 0 spiro atoms. The van der Waals surface area contributed by atoms with Crippen LogP contribution in [0.3, 0.4) is 0 Å². The molecular weight excluding hydrogens is 278 g/mol. The van der Waals surface area contributed by atoms with Gasteiger partial charge in [0.2, 0.25) is 5.91 Å². The van der Waals surface area contributed by atoms with Gasteiger partial charge in [0, 0.05) is 11.8 Å². The quantitative estimate of drug-likeness (QED) is 0.781. The molecule has 6 heteroatoms. The average molecular weight is 293 g/mol. The molecule has 0 unspecified atom stereocenters. The van der Waals surface area contributed by atoms with Crippen molar-refractivity contribution < 1.29 is 4.79 Å². The lowest BCUT2D eigenvalue weighted by Crippen LogP contribution is -2.32. The minimum Gasteiger partial charge on any atom is -0.323 e. The van der Waals surface area contributed by atoms with E-state index in [0.29, 0.717) is 11.5 Å². The summed E-state index contributed by atoms with van der Waals surface area (Å²) in [4.78, 5) is 12.2. The number of thiophene rings is 1. The van der Waals surface area contributed by atoms with E-state index in [0.717, 1.165) is 29.8 Å².